The molecule has 0 radical (unpaired) electrons. The molecule has 1 aromatic carbocycles. The van der Waals surface area contributed by atoms with Gasteiger partial charge in [-0.3, -0.25) is 9.69 Å². The molecule has 1 fully saturated rings. The summed E-state index contributed by atoms with van der Waals surface area (Å²) in [6.45, 7) is 3.51. The number of benzene rings is 1. The van der Waals surface area contributed by atoms with Crippen molar-refractivity contribution in [2.45, 2.75) is 32.4 Å². The molecule has 134 valence electrons. The average molecular weight is 350 g/mol. The van der Waals surface area contributed by atoms with Gasteiger partial charge < -0.3 is 9.73 Å². The molecular formula is C20H22N4O2. The predicted octanol–water partition coefficient (Wildman–Crippen LogP) is 3.38. The molecule has 6 nitrogen and oxygen atoms in total. The number of aromatic nitrogens is 2. The highest BCUT2D eigenvalue weighted by molar-refractivity contribution is 5.95. The number of likely N-dealkylation sites (tertiary alicyclic amines) is 1. The molecule has 4 rings (SSSR count). The molecule has 1 aliphatic rings. The van der Waals surface area contributed by atoms with Crippen LogP contribution < -0.4 is 5.32 Å². The second-order valence-corrected chi connectivity index (χ2v) is 6.63. The number of carbonyl (C=O) groups is 1. The highest BCUT2D eigenvalue weighted by Gasteiger charge is 2.31. The molecule has 0 unspecified atom stereocenters. The van der Waals surface area contributed by atoms with E-state index in [9.17, 15) is 4.79 Å². The first kappa shape index (κ1) is 16.6. The van der Waals surface area contributed by atoms with Gasteiger partial charge in [-0.05, 0) is 62.7 Å². The summed E-state index contributed by atoms with van der Waals surface area (Å²) in [5, 5.41) is 7.29. The monoisotopic (exact) mass is 350 g/mol. The number of amides is 1. The minimum Gasteiger partial charge on any atom is -0.465 e. The van der Waals surface area contributed by atoms with E-state index in [1.807, 2.05) is 55.6 Å². The Kier molecular flexibility index (Phi) is 4.58. The topological polar surface area (TPSA) is 63.3 Å². The Labute approximate surface area is 152 Å². The van der Waals surface area contributed by atoms with E-state index in [2.05, 4.69) is 15.3 Å². The van der Waals surface area contributed by atoms with E-state index in [1.54, 1.807) is 10.9 Å². The number of hydrogen-bond acceptors (Lipinski definition) is 4. The van der Waals surface area contributed by atoms with E-state index in [1.165, 1.54) is 0 Å². The Morgan fingerprint density at radius 1 is 1.31 bits per heavy atom. The molecule has 0 bridgehead atoms. The maximum absolute atomic E-state index is 12.8. The minimum atomic E-state index is -0.131. The van der Waals surface area contributed by atoms with Gasteiger partial charge in [0.2, 0.25) is 5.91 Å². The number of carbonyl (C=O) groups excluding carboxylic acids is 1. The van der Waals surface area contributed by atoms with Crippen LogP contribution in [0.5, 0.6) is 0 Å². The van der Waals surface area contributed by atoms with Gasteiger partial charge in [-0.25, -0.2) is 4.68 Å². The first-order chi connectivity index (χ1) is 12.7. The second-order valence-electron chi connectivity index (χ2n) is 6.63. The molecule has 0 spiro atoms. The van der Waals surface area contributed by atoms with E-state index in [0.717, 1.165) is 42.3 Å². The number of furan rings is 1. The number of aryl methyl sites for hydroxylation is 1. The Morgan fingerprint density at radius 3 is 3.00 bits per heavy atom. The average Bonchev–Trinajstić information content (AvgIpc) is 3.37. The van der Waals surface area contributed by atoms with Gasteiger partial charge in [0.05, 0.1) is 18.3 Å². The Balaban J connectivity index is 1.44. The predicted molar refractivity (Wildman–Crippen MR) is 99.1 cm³/mol. The van der Waals surface area contributed by atoms with Crippen molar-refractivity contribution in [1.82, 2.24) is 14.7 Å². The maximum atomic E-state index is 12.8. The highest BCUT2D eigenvalue weighted by Crippen LogP contribution is 2.23. The van der Waals surface area contributed by atoms with Gasteiger partial charge in [0.1, 0.15) is 11.5 Å². The summed E-state index contributed by atoms with van der Waals surface area (Å²) in [7, 11) is 0. The fourth-order valence-electron chi connectivity index (χ4n) is 3.46. The van der Waals surface area contributed by atoms with Crippen LogP contribution in [0.4, 0.5) is 5.69 Å². The van der Waals surface area contributed by atoms with Gasteiger partial charge in [0.25, 0.3) is 0 Å². The SMILES string of the molecule is Cc1ccc(CN2CCC[C@@H]2C(=O)Nc2cccc(-n3cccn3)c2)o1. The summed E-state index contributed by atoms with van der Waals surface area (Å²) < 4.78 is 7.44. The summed E-state index contributed by atoms with van der Waals surface area (Å²) in [6.07, 6.45) is 5.50. The van der Waals surface area contributed by atoms with E-state index in [0.29, 0.717) is 6.54 Å². The molecule has 6 heteroatoms. The highest BCUT2D eigenvalue weighted by atomic mass is 16.3. The van der Waals surface area contributed by atoms with Crippen LogP contribution in [0.15, 0.2) is 59.3 Å². The molecule has 1 N–H and O–H groups in total. The molecule has 1 atom stereocenters. The van der Waals surface area contributed by atoms with Crippen LogP contribution in [0.1, 0.15) is 24.4 Å². The zero-order valence-corrected chi connectivity index (χ0v) is 14.8. The van der Waals surface area contributed by atoms with Crippen molar-refractivity contribution in [1.29, 1.82) is 0 Å². The number of hydrogen-bond donors (Lipinski definition) is 1. The Hall–Kier alpha value is -2.86. The van der Waals surface area contributed by atoms with Gasteiger partial charge in [-0.1, -0.05) is 6.07 Å². The summed E-state index contributed by atoms with van der Waals surface area (Å²) in [5.74, 6) is 1.84. The van der Waals surface area contributed by atoms with Gasteiger partial charge >= 0.3 is 0 Å². The Bertz CT molecular complexity index is 885. The van der Waals surface area contributed by atoms with Crippen molar-refractivity contribution in [2.75, 3.05) is 11.9 Å². The summed E-state index contributed by atoms with van der Waals surface area (Å²) in [5.41, 5.74) is 1.70. The van der Waals surface area contributed by atoms with Crippen LogP contribution in [0, 0.1) is 6.92 Å². The summed E-state index contributed by atoms with van der Waals surface area (Å²) in [6, 6.07) is 13.4. The van der Waals surface area contributed by atoms with Crippen LogP contribution in [0.25, 0.3) is 5.69 Å². The van der Waals surface area contributed by atoms with E-state index < -0.39 is 0 Å². The van der Waals surface area contributed by atoms with Gasteiger partial charge in [0.15, 0.2) is 0 Å². The van der Waals surface area contributed by atoms with Crippen molar-refractivity contribution in [3.63, 3.8) is 0 Å². The zero-order chi connectivity index (χ0) is 17.9. The minimum absolute atomic E-state index is 0.0309. The molecular weight excluding hydrogens is 328 g/mol. The van der Waals surface area contributed by atoms with Crippen LogP contribution >= 0.6 is 0 Å². The normalized spacial score (nSPS) is 17.5. The maximum Gasteiger partial charge on any atom is 0.241 e. The molecule has 1 aliphatic heterocycles. The lowest BCUT2D eigenvalue weighted by molar-refractivity contribution is -0.120. The van der Waals surface area contributed by atoms with E-state index in [4.69, 9.17) is 4.42 Å². The van der Waals surface area contributed by atoms with E-state index in [-0.39, 0.29) is 11.9 Å². The van der Waals surface area contributed by atoms with Crippen LogP contribution in [0.2, 0.25) is 0 Å². The third-order valence-electron chi connectivity index (χ3n) is 4.70. The molecule has 1 amide bonds. The number of nitrogens with one attached hydrogen (secondary N) is 1. The molecule has 26 heavy (non-hydrogen) atoms. The van der Waals surface area contributed by atoms with Crippen molar-refractivity contribution in [3.05, 3.63) is 66.4 Å². The third kappa shape index (κ3) is 3.55. The summed E-state index contributed by atoms with van der Waals surface area (Å²) >= 11 is 0. The lowest BCUT2D eigenvalue weighted by Gasteiger charge is -2.22. The first-order valence-electron chi connectivity index (χ1n) is 8.89. The smallest absolute Gasteiger partial charge is 0.241 e. The fourth-order valence-corrected chi connectivity index (χ4v) is 3.46. The molecule has 3 aromatic rings. The molecule has 0 aliphatic carbocycles. The van der Waals surface area contributed by atoms with Crippen LogP contribution in [0.3, 0.4) is 0 Å². The lowest BCUT2D eigenvalue weighted by Crippen LogP contribution is -2.39. The number of anilines is 1. The molecule has 1 saturated heterocycles. The van der Waals surface area contributed by atoms with Crippen molar-refractivity contribution >= 4 is 11.6 Å². The first-order valence-corrected chi connectivity index (χ1v) is 8.89. The molecule has 3 heterocycles. The van der Waals surface area contributed by atoms with Crippen molar-refractivity contribution in [2.24, 2.45) is 0 Å². The lowest BCUT2D eigenvalue weighted by atomic mass is 10.2. The van der Waals surface area contributed by atoms with E-state index >= 15 is 0 Å². The molecule has 0 saturated carbocycles. The van der Waals surface area contributed by atoms with Gasteiger partial charge in [0, 0.05) is 18.1 Å². The zero-order valence-electron chi connectivity index (χ0n) is 14.8. The van der Waals surface area contributed by atoms with Crippen molar-refractivity contribution < 1.29 is 9.21 Å². The second kappa shape index (κ2) is 7.17. The van der Waals surface area contributed by atoms with Gasteiger partial charge in [-0.2, -0.15) is 5.10 Å². The molecule has 2 aromatic heterocycles. The number of rotatable bonds is 5. The van der Waals surface area contributed by atoms with Crippen LogP contribution in [-0.4, -0.2) is 33.2 Å². The summed E-state index contributed by atoms with van der Waals surface area (Å²) in [4.78, 5) is 15.0. The Morgan fingerprint density at radius 2 is 2.23 bits per heavy atom. The van der Waals surface area contributed by atoms with Gasteiger partial charge in [-0.15, -0.1) is 0 Å². The largest absolute Gasteiger partial charge is 0.465 e. The fraction of sp³-hybridized carbons (Fsp3) is 0.300. The third-order valence-corrected chi connectivity index (χ3v) is 4.70. The standard InChI is InChI=1S/C20H22N4O2/c1-15-8-9-18(26-15)14-23-11-3-7-19(23)20(25)22-16-5-2-6-17(13-16)24-12-4-10-21-24/h2,4-6,8-10,12-13,19H,3,7,11,14H2,1H3,(H,22,25)/t19-/m1/s1. The van der Waals surface area contributed by atoms with Crippen LogP contribution in [-0.2, 0) is 11.3 Å². The number of nitrogens with zero attached hydrogens (tertiary/aromatic N) is 3. The van der Waals surface area contributed by atoms with Crippen molar-refractivity contribution in [3.8, 4) is 5.69 Å². The quantitative estimate of drug-likeness (QED) is 0.766.